The van der Waals surface area contributed by atoms with Gasteiger partial charge in [0.15, 0.2) is 0 Å². The smallest absolute Gasteiger partial charge is 0.371 e. The predicted molar refractivity (Wildman–Crippen MR) is 106 cm³/mol. The van der Waals surface area contributed by atoms with Crippen LogP contribution < -0.4 is 4.90 Å². The van der Waals surface area contributed by atoms with Gasteiger partial charge in [-0.25, -0.2) is 4.39 Å². The molecule has 0 atom stereocenters. The summed E-state index contributed by atoms with van der Waals surface area (Å²) in [6, 6.07) is 14.6. The molecule has 30 heavy (non-hydrogen) atoms. The zero-order valence-electron chi connectivity index (χ0n) is 15.9. The molecule has 0 amide bonds. The van der Waals surface area contributed by atoms with Crippen molar-refractivity contribution in [2.75, 3.05) is 18.0 Å². The number of alkyl halides is 4. The van der Waals surface area contributed by atoms with Crippen LogP contribution in [0.1, 0.15) is 24.0 Å². The highest BCUT2D eigenvalue weighted by molar-refractivity contribution is 5.72. The topological polar surface area (TPSA) is 55.7 Å². The summed E-state index contributed by atoms with van der Waals surface area (Å²) < 4.78 is 54.7. The van der Waals surface area contributed by atoms with E-state index >= 15 is 0 Å². The molecular formula is C22H18F4N4. The first-order valence-electron chi connectivity index (χ1n) is 9.52. The molecule has 0 radical (unpaired) electrons. The zero-order valence-corrected chi connectivity index (χ0v) is 15.9. The quantitative estimate of drug-likeness (QED) is 0.570. The molecule has 8 heteroatoms. The van der Waals surface area contributed by atoms with E-state index in [0.717, 1.165) is 11.6 Å². The summed E-state index contributed by atoms with van der Waals surface area (Å²) in [5.74, 6) is 0. The molecule has 1 aliphatic rings. The van der Waals surface area contributed by atoms with Gasteiger partial charge in [-0.1, -0.05) is 18.2 Å². The van der Waals surface area contributed by atoms with Crippen molar-refractivity contribution in [2.45, 2.75) is 25.2 Å². The minimum atomic E-state index is -4.54. The maximum absolute atomic E-state index is 13.8. The lowest BCUT2D eigenvalue weighted by Crippen LogP contribution is -2.35. The molecule has 0 unspecified atom stereocenters. The van der Waals surface area contributed by atoms with Crippen molar-refractivity contribution in [1.82, 2.24) is 10.2 Å². The molecule has 2 aromatic carbocycles. The van der Waals surface area contributed by atoms with Gasteiger partial charge in [-0.3, -0.25) is 5.10 Å². The van der Waals surface area contributed by atoms with Gasteiger partial charge in [0.2, 0.25) is 0 Å². The Morgan fingerprint density at radius 1 is 1.00 bits per heavy atom. The monoisotopic (exact) mass is 414 g/mol. The number of aromatic amines is 1. The van der Waals surface area contributed by atoms with Gasteiger partial charge >= 0.3 is 6.18 Å². The van der Waals surface area contributed by atoms with Crippen molar-refractivity contribution >= 4 is 5.69 Å². The van der Waals surface area contributed by atoms with Crippen LogP contribution in [0.3, 0.4) is 0 Å². The molecule has 0 saturated carbocycles. The van der Waals surface area contributed by atoms with Crippen LogP contribution in [0.15, 0.2) is 48.5 Å². The van der Waals surface area contributed by atoms with Crippen LogP contribution in [0.2, 0.25) is 0 Å². The van der Waals surface area contributed by atoms with Crippen LogP contribution >= 0.6 is 0 Å². The Morgan fingerprint density at radius 2 is 1.67 bits per heavy atom. The van der Waals surface area contributed by atoms with Crippen LogP contribution in [0, 0.1) is 11.3 Å². The number of anilines is 1. The number of nitrogens with one attached hydrogen (secondary N) is 1. The van der Waals surface area contributed by atoms with Gasteiger partial charge in [0.25, 0.3) is 0 Å². The number of H-pyrrole nitrogens is 1. The second-order valence-electron chi connectivity index (χ2n) is 7.25. The molecule has 1 aromatic heterocycles. The SMILES string of the molecule is N#Cc1ccc(-c2cc(-c3ccc(N4CCC(F)CC4)c(C(F)(F)F)c3)n[nH]2)cc1. The molecular weight excluding hydrogens is 396 g/mol. The fraction of sp³-hybridized carbons (Fsp3) is 0.273. The van der Waals surface area contributed by atoms with Crippen molar-refractivity contribution < 1.29 is 17.6 Å². The second-order valence-corrected chi connectivity index (χ2v) is 7.25. The van der Waals surface area contributed by atoms with E-state index in [2.05, 4.69) is 10.2 Å². The zero-order chi connectivity index (χ0) is 21.3. The summed E-state index contributed by atoms with van der Waals surface area (Å²) in [6.45, 7) is 0.518. The number of hydrogen-bond acceptors (Lipinski definition) is 3. The van der Waals surface area contributed by atoms with Gasteiger partial charge in [-0.05, 0) is 48.7 Å². The van der Waals surface area contributed by atoms with E-state index in [9.17, 15) is 17.6 Å². The summed E-state index contributed by atoms with van der Waals surface area (Å²) in [5, 5.41) is 15.9. The average molecular weight is 414 g/mol. The third-order valence-electron chi connectivity index (χ3n) is 5.27. The second kappa shape index (κ2) is 7.82. The summed E-state index contributed by atoms with van der Waals surface area (Å²) in [5.41, 5.74) is 1.96. The molecule has 1 fully saturated rings. The highest BCUT2D eigenvalue weighted by Gasteiger charge is 2.36. The molecule has 154 valence electrons. The molecule has 0 aliphatic carbocycles. The summed E-state index contributed by atoms with van der Waals surface area (Å²) in [4.78, 5) is 1.59. The summed E-state index contributed by atoms with van der Waals surface area (Å²) in [7, 11) is 0. The fourth-order valence-electron chi connectivity index (χ4n) is 3.63. The Balaban J connectivity index is 1.66. The van der Waals surface area contributed by atoms with Crippen molar-refractivity contribution in [1.29, 1.82) is 5.26 Å². The lowest BCUT2D eigenvalue weighted by atomic mass is 10.0. The summed E-state index contributed by atoms with van der Waals surface area (Å²) in [6.07, 6.45) is -5.04. The molecule has 0 bridgehead atoms. The van der Waals surface area contributed by atoms with E-state index in [-0.39, 0.29) is 31.6 Å². The third-order valence-corrected chi connectivity index (χ3v) is 5.27. The first kappa shape index (κ1) is 20.0. The number of piperidine rings is 1. The van der Waals surface area contributed by atoms with E-state index in [1.807, 2.05) is 6.07 Å². The number of rotatable bonds is 3. The molecule has 3 aromatic rings. The fourth-order valence-corrected chi connectivity index (χ4v) is 3.63. The van der Waals surface area contributed by atoms with E-state index in [4.69, 9.17) is 5.26 Å². The number of aromatic nitrogens is 2. The molecule has 2 heterocycles. The van der Waals surface area contributed by atoms with E-state index in [1.165, 1.54) is 6.07 Å². The van der Waals surface area contributed by atoms with Gasteiger partial charge in [0.1, 0.15) is 6.17 Å². The molecule has 4 nitrogen and oxygen atoms in total. The highest BCUT2D eigenvalue weighted by atomic mass is 19.4. The van der Waals surface area contributed by atoms with Crippen LogP contribution in [-0.4, -0.2) is 29.5 Å². The number of nitriles is 1. The number of halogens is 4. The Hall–Kier alpha value is -3.34. The molecule has 1 aliphatic heterocycles. The predicted octanol–water partition coefficient (Wildman–Crippen LogP) is 5.57. The maximum Gasteiger partial charge on any atom is 0.418 e. The number of nitrogens with zero attached hydrogens (tertiary/aromatic N) is 3. The van der Waals surface area contributed by atoms with Gasteiger partial charge in [-0.15, -0.1) is 0 Å². The van der Waals surface area contributed by atoms with Crippen molar-refractivity contribution in [3.63, 3.8) is 0 Å². The Kier molecular flexibility index (Phi) is 5.20. The van der Waals surface area contributed by atoms with E-state index in [0.29, 0.717) is 22.5 Å². The Morgan fingerprint density at radius 3 is 2.30 bits per heavy atom. The minimum absolute atomic E-state index is 0.0704. The minimum Gasteiger partial charge on any atom is -0.371 e. The van der Waals surface area contributed by atoms with Gasteiger partial charge < -0.3 is 4.90 Å². The molecule has 4 rings (SSSR count). The highest BCUT2D eigenvalue weighted by Crippen LogP contribution is 2.40. The Bertz CT molecular complexity index is 1070. The van der Waals surface area contributed by atoms with Gasteiger partial charge in [-0.2, -0.15) is 23.5 Å². The van der Waals surface area contributed by atoms with E-state index in [1.54, 1.807) is 41.3 Å². The first-order chi connectivity index (χ1) is 14.3. The van der Waals surface area contributed by atoms with Crippen molar-refractivity contribution in [2.24, 2.45) is 0 Å². The third kappa shape index (κ3) is 4.01. The molecule has 1 saturated heterocycles. The average Bonchev–Trinajstić information content (AvgIpc) is 3.24. The largest absolute Gasteiger partial charge is 0.418 e. The van der Waals surface area contributed by atoms with Crippen LogP contribution in [0.5, 0.6) is 0 Å². The van der Waals surface area contributed by atoms with Gasteiger partial charge in [0.05, 0.1) is 28.6 Å². The summed E-state index contributed by atoms with van der Waals surface area (Å²) >= 11 is 0. The van der Waals surface area contributed by atoms with Crippen LogP contribution in [0.25, 0.3) is 22.5 Å². The maximum atomic E-state index is 13.8. The molecule has 1 N–H and O–H groups in total. The Labute approximate surface area is 170 Å². The van der Waals surface area contributed by atoms with Crippen LogP contribution in [0.4, 0.5) is 23.2 Å². The van der Waals surface area contributed by atoms with Crippen molar-refractivity contribution in [3.05, 3.63) is 59.7 Å². The standard InChI is InChI=1S/C22H18F4N4/c23-17-7-9-30(10-8-17)21-6-5-16(11-18(21)22(24,25)26)20-12-19(28-29-20)15-3-1-14(13-27)2-4-15/h1-6,11-12,17H,7-10H2,(H,28,29). The lowest BCUT2D eigenvalue weighted by Gasteiger charge is -2.32. The van der Waals surface area contributed by atoms with Gasteiger partial charge in [0, 0.05) is 24.3 Å². The van der Waals surface area contributed by atoms with E-state index < -0.39 is 17.9 Å². The van der Waals surface area contributed by atoms with Crippen molar-refractivity contribution in [3.8, 4) is 28.6 Å². The normalized spacial score (nSPS) is 15.2. The number of hydrogen-bond donors (Lipinski definition) is 1. The lowest BCUT2D eigenvalue weighted by molar-refractivity contribution is -0.137. The van der Waals surface area contributed by atoms with Crippen LogP contribution in [-0.2, 0) is 6.18 Å². The number of benzene rings is 2. The molecule has 0 spiro atoms. The first-order valence-corrected chi connectivity index (χ1v) is 9.52.